The topological polar surface area (TPSA) is 38.0 Å². The molecular weight excluding hydrogens is 164 g/mol. The summed E-state index contributed by atoms with van der Waals surface area (Å²) in [5, 5.41) is 13.5. The molecule has 1 aromatic heterocycles. The van der Waals surface area contributed by atoms with Gasteiger partial charge in [0.1, 0.15) is 5.75 Å². The Bertz CT molecular complexity index is 420. The van der Waals surface area contributed by atoms with Gasteiger partial charge in [0.15, 0.2) is 0 Å². The third-order valence-corrected chi connectivity index (χ3v) is 1.86. The van der Waals surface area contributed by atoms with Crippen LogP contribution in [0.5, 0.6) is 5.75 Å². The van der Waals surface area contributed by atoms with Crippen LogP contribution >= 0.6 is 0 Å². The third-order valence-electron chi connectivity index (χ3n) is 1.86. The molecule has 0 saturated heterocycles. The van der Waals surface area contributed by atoms with Crippen molar-refractivity contribution in [1.29, 1.82) is 0 Å². The van der Waals surface area contributed by atoms with Crippen molar-refractivity contribution in [2.24, 2.45) is 7.05 Å². The highest BCUT2D eigenvalue weighted by Gasteiger charge is 2.03. The Kier molecular flexibility index (Phi) is 1.77. The van der Waals surface area contributed by atoms with E-state index in [4.69, 9.17) is 0 Å². The molecule has 3 nitrogen and oxygen atoms in total. The molecule has 0 fully saturated rings. The van der Waals surface area contributed by atoms with Crippen molar-refractivity contribution in [1.82, 2.24) is 9.78 Å². The Hall–Kier alpha value is -1.77. The first-order chi connectivity index (χ1) is 6.27. The van der Waals surface area contributed by atoms with E-state index in [0.717, 1.165) is 11.1 Å². The highest BCUT2D eigenvalue weighted by Crippen LogP contribution is 2.27. The molecule has 0 aliphatic carbocycles. The molecule has 0 bridgehead atoms. The lowest BCUT2D eigenvalue weighted by atomic mass is 10.1. The summed E-state index contributed by atoms with van der Waals surface area (Å²) >= 11 is 0. The molecular formula is C10H9N2O. The van der Waals surface area contributed by atoms with E-state index in [9.17, 15) is 5.11 Å². The maximum absolute atomic E-state index is 9.50. The van der Waals surface area contributed by atoms with Gasteiger partial charge in [0.25, 0.3) is 0 Å². The van der Waals surface area contributed by atoms with Gasteiger partial charge in [0.05, 0.1) is 6.20 Å². The lowest BCUT2D eigenvalue weighted by Crippen LogP contribution is -1.84. The maximum atomic E-state index is 9.50. The second-order valence-corrected chi connectivity index (χ2v) is 2.85. The molecule has 0 saturated carbocycles. The zero-order chi connectivity index (χ0) is 9.26. The summed E-state index contributed by atoms with van der Waals surface area (Å²) in [5.41, 5.74) is 1.70. The number of nitrogens with zero attached hydrogens (tertiary/aromatic N) is 2. The molecule has 0 unspecified atom stereocenters. The van der Waals surface area contributed by atoms with Crippen LogP contribution < -0.4 is 0 Å². The van der Waals surface area contributed by atoms with Crippen molar-refractivity contribution >= 4 is 0 Å². The first-order valence-electron chi connectivity index (χ1n) is 3.95. The number of rotatable bonds is 1. The number of hydrogen-bond donors (Lipinski definition) is 1. The molecule has 1 N–H and O–H groups in total. The Morgan fingerprint density at radius 2 is 2.38 bits per heavy atom. The smallest absolute Gasteiger partial charge is 0.124 e. The second-order valence-electron chi connectivity index (χ2n) is 2.85. The molecule has 1 radical (unpaired) electrons. The van der Waals surface area contributed by atoms with Crippen LogP contribution in [0.15, 0.2) is 30.6 Å². The number of aromatic hydroxyl groups is 1. The minimum Gasteiger partial charge on any atom is -0.507 e. The quantitative estimate of drug-likeness (QED) is 0.711. The standard InChI is InChI=1S/C10H9N2O/c1-12-7-8(6-11-12)9-4-2-3-5-10(9)13/h2,4-7,13H,1H3. The van der Waals surface area contributed by atoms with Crippen molar-refractivity contribution in [2.75, 3.05) is 0 Å². The van der Waals surface area contributed by atoms with Crippen molar-refractivity contribution in [3.8, 4) is 16.9 Å². The molecule has 1 heterocycles. The van der Waals surface area contributed by atoms with E-state index in [1.165, 1.54) is 0 Å². The van der Waals surface area contributed by atoms with E-state index in [1.54, 1.807) is 23.0 Å². The number of hydrogen-bond acceptors (Lipinski definition) is 2. The van der Waals surface area contributed by atoms with Gasteiger partial charge in [-0.15, -0.1) is 0 Å². The molecule has 0 aliphatic heterocycles. The zero-order valence-electron chi connectivity index (χ0n) is 7.23. The highest BCUT2D eigenvalue weighted by atomic mass is 16.3. The van der Waals surface area contributed by atoms with Gasteiger partial charge in [0, 0.05) is 24.4 Å². The number of benzene rings is 1. The normalized spacial score (nSPS) is 10.2. The number of phenols is 1. The van der Waals surface area contributed by atoms with Crippen LogP contribution in [-0.4, -0.2) is 14.9 Å². The van der Waals surface area contributed by atoms with Crippen molar-refractivity contribution < 1.29 is 5.11 Å². The summed E-state index contributed by atoms with van der Waals surface area (Å²) in [6.45, 7) is 0. The number of aromatic nitrogens is 2. The molecule has 2 rings (SSSR count). The molecule has 3 heteroatoms. The molecule has 0 spiro atoms. The van der Waals surface area contributed by atoms with Gasteiger partial charge in [-0.2, -0.15) is 5.10 Å². The number of phenolic OH excluding ortho intramolecular Hbond substituents is 1. The van der Waals surface area contributed by atoms with Gasteiger partial charge in [-0.25, -0.2) is 0 Å². The fourth-order valence-electron chi connectivity index (χ4n) is 1.23. The Morgan fingerprint density at radius 3 is 3.00 bits per heavy atom. The predicted molar refractivity (Wildman–Crippen MR) is 49.1 cm³/mol. The van der Waals surface area contributed by atoms with Crippen LogP contribution in [0.2, 0.25) is 0 Å². The van der Waals surface area contributed by atoms with Crippen molar-refractivity contribution in [3.63, 3.8) is 0 Å². The van der Waals surface area contributed by atoms with Crippen molar-refractivity contribution in [3.05, 3.63) is 36.7 Å². The van der Waals surface area contributed by atoms with Gasteiger partial charge in [-0.05, 0) is 18.2 Å². The Labute approximate surface area is 76.3 Å². The van der Waals surface area contributed by atoms with Gasteiger partial charge in [-0.3, -0.25) is 4.68 Å². The molecule has 65 valence electrons. The van der Waals surface area contributed by atoms with Crippen LogP contribution in [0.4, 0.5) is 0 Å². The van der Waals surface area contributed by atoms with Gasteiger partial charge < -0.3 is 5.11 Å². The first kappa shape index (κ1) is 7.86. The third kappa shape index (κ3) is 1.40. The van der Waals surface area contributed by atoms with E-state index >= 15 is 0 Å². The summed E-state index contributed by atoms with van der Waals surface area (Å²) < 4.78 is 1.70. The molecule has 2 aromatic rings. The fourth-order valence-corrected chi connectivity index (χ4v) is 1.23. The summed E-state index contributed by atoms with van der Waals surface area (Å²) in [7, 11) is 1.84. The van der Waals surface area contributed by atoms with E-state index in [1.807, 2.05) is 19.3 Å². The predicted octanol–water partition coefficient (Wildman–Crippen LogP) is 1.59. The monoisotopic (exact) mass is 173 g/mol. The Morgan fingerprint density at radius 1 is 1.54 bits per heavy atom. The summed E-state index contributed by atoms with van der Waals surface area (Å²) in [6.07, 6.45) is 3.57. The average molecular weight is 173 g/mol. The lowest BCUT2D eigenvalue weighted by Gasteiger charge is -1.98. The van der Waals surface area contributed by atoms with Crippen molar-refractivity contribution in [2.45, 2.75) is 0 Å². The van der Waals surface area contributed by atoms with Crippen LogP contribution in [-0.2, 0) is 7.05 Å². The average Bonchev–Trinajstić information content (AvgIpc) is 2.53. The SMILES string of the molecule is Cn1cc(-c2cc[c]cc2O)cn1. The van der Waals surface area contributed by atoms with Crippen LogP contribution in [0.25, 0.3) is 11.1 Å². The highest BCUT2D eigenvalue weighted by molar-refractivity contribution is 5.68. The second kappa shape index (κ2) is 2.94. The largest absolute Gasteiger partial charge is 0.507 e. The van der Waals surface area contributed by atoms with Gasteiger partial charge >= 0.3 is 0 Å². The van der Waals surface area contributed by atoms with E-state index in [0.29, 0.717) is 0 Å². The van der Waals surface area contributed by atoms with E-state index in [2.05, 4.69) is 11.2 Å². The molecule has 1 aromatic carbocycles. The minimum atomic E-state index is 0.232. The Balaban J connectivity index is 2.52. The van der Waals surface area contributed by atoms with Crippen LogP contribution in [0.3, 0.4) is 0 Å². The molecule has 0 aliphatic rings. The minimum absolute atomic E-state index is 0.232. The van der Waals surface area contributed by atoms with Crippen LogP contribution in [0, 0.1) is 6.07 Å². The van der Waals surface area contributed by atoms with E-state index < -0.39 is 0 Å². The van der Waals surface area contributed by atoms with E-state index in [-0.39, 0.29) is 5.75 Å². The van der Waals surface area contributed by atoms with Crippen LogP contribution in [0.1, 0.15) is 0 Å². The van der Waals surface area contributed by atoms with Gasteiger partial charge in [-0.1, -0.05) is 6.07 Å². The molecule has 0 amide bonds. The maximum Gasteiger partial charge on any atom is 0.124 e. The number of aryl methyl sites for hydroxylation is 1. The first-order valence-corrected chi connectivity index (χ1v) is 3.95. The lowest BCUT2D eigenvalue weighted by molar-refractivity contribution is 0.477. The summed E-state index contributed by atoms with van der Waals surface area (Å²) in [5.74, 6) is 0.232. The fraction of sp³-hybridized carbons (Fsp3) is 0.100. The van der Waals surface area contributed by atoms with Gasteiger partial charge in [0.2, 0.25) is 0 Å². The molecule has 0 atom stereocenters. The summed E-state index contributed by atoms with van der Waals surface area (Å²) in [6, 6.07) is 7.92. The molecule has 13 heavy (non-hydrogen) atoms. The summed E-state index contributed by atoms with van der Waals surface area (Å²) in [4.78, 5) is 0. The zero-order valence-corrected chi connectivity index (χ0v) is 7.23.